The maximum absolute atomic E-state index is 4.37. The van der Waals surface area contributed by atoms with E-state index in [4.69, 9.17) is 0 Å². The highest BCUT2D eigenvalue weighted by molar-refractivity contribution is 5.30. The molecule has 1 aliphatic heterocycles. The van der Waals surface area contributed by atoms with Crippen molar-refractivity contribution in [1.29, 1.82) is 0 Å². The summed E-state index contributed by atoms with van der Waals surface area (Å²) >= 11 is 0. The Hall–Kier alpha value is -0.760. The fourth-order valence-corrected chi connectivity index (χ4v) is 2.70. The van der Waals surface area contributed by atoms with Gasteiger partial charge >= 0.3 is 0 Å². The zero-order valence-corrected chi connectivity index (χ0v) is 12.7. The molecule has 0 unspecified atom stereocenters. The number of likely N-dealkylation sites (tertiary alicyclic amines) is 1. The fourth-order valence-electron chi connectivity index (χ4n) is 2.70. The molecule has 0 amide bonds. The lowest BCUT2D eigenvalue weighted by Gasteiger charge is -2.31. The first-order valence-electron chi connectivity index (χ1n) is 7.37. The molecule has 0 radical (unpaired) electrons. The monoisotopic (exact) mass is 250 g/mol. The van der Waals surface area contributed by atoms with Crippen LogP contribution in [0.25, 0.3) is 0 Å². The van der Waals surface area contributed by atoms with Crippen molar-refractivity contribution in [1.82, 2.24) is 9.80 Å². The summed E-state index contributed by atoms with van der Waals surface area (Å²) < 4.78 is 0. The minimum Gasteiger partial charge on any atom is -0.380 e. The molecule has 2 nitrogen and oxygen atoms in total. The number of rotatable bonds is 6. The molecular formula is C16H30N2. The Balaban J connectivity index is 2.61. The molecule has 1 heterocycles. The van der Waals surface area contributed by atoms with Crippen LogP contribution < -0.4 is 0 Å². The van der Waals surface area contributed by atoms with Crippen molar-refractivity contribution in [2.75, 3.05) is 33.7 Å². The molecule has 1 fully saturated rings. The Morgan fingerprint density at radius 3 is 2.44 bits per heavy atom. The van der Waals surface area contributed by atoms with E-state index in [1.54, 1.807) is 0 Å². The predicted molar refractivity (Wildman–Crippen MR) is 80.7 cm³/mol. The van der Waals surface area contributed by atoms with E-state index < -0.39 is 0 Å². The Bertz CT molecular complexity index is 285. The van der Waals surface area contributed by atoms with Crippen molar-refractivity contribution in [3.8, 4) is 0 Å². The summed E-state index contributed by atoms with van der Waals surface area (Å²) in [6.07, 6.45) is 7.14. The van der Waals surface area contributed by atoms with E-state index in [9.17, 15) is 0 Å². The van der Waals surface area contributed by atoms with Gasteiger partial charge in [-0.25, -0.2) is 0 Å². The third kappa shape index (κ3) is 4.49. The minimum atomic E-state index is 0.697. The van der Waals surface area contributed by atoms with Crippen LogP contribution in [-0.4, -0.2) is 43.5 Å². The van der Waals surface area contributed by atoms with Gasteiger partial charge in [-0.15, -0.1) is 0 Å². The Morgan fingerprint density at radius 1 is 1.33 bits per heavy atom. The lowest BCUT2D eigenvalue weighted by atomic mass is 9.85. The lowest BCUT2D eigenvalue weighted by molar-refractivity contribution is 0.239. The van der Waals surface area contributed by atoms with Crippen molar-refractivity contribution in [3.05, 3.63) is 23.9 Å². The van der Waals surface area contributed by atoms with Gasteiger partial charge in [0.05, 0.1) is 0 Å². The Morgan fingerprint density at radius 2 is 1.94 bits per heavy atom. The third-order valence-corrected chi connectivity index (χ3v) is 3.96. The van der Waals surface area contributed by atoms with Crippen LogP contribution >= 0.6 is 0 Å². The first-order valence-corrected chi connectivity index (χ1v) is 7.37. The van der Waals surface area contributed by atoms with E-state index in [0.717, 1.165) is 13.0 Å². The molecule has 0 aromatic rings. The first-order chi connectivity index (χ1) is 8.58. The van der Waals surface area contributed by atoms with Crippen LogP contribution in [0.3, 0.4) is 0 Å². The quantitative estimate of drug-likeness (QED) is 0.666. The summed E-state index contributed by atoms with van der Waals surface area (Å²) in [6.45, 7) is 12.4. The molecule has 0 aromatic heterocycles. The number of allylic oxidation sites excluding steroid dienone is 2. The zero-order chi connectivity index (χ0) is 13.5. The second-order valence-corrected chi connectivity index (χ2v) is 5.59. The topological polar surface area (TPSA) is 6.48 Å². The van der Waals surface area contributed by atoms with Crippen molar-refractivity contribution < 1.29 is 0 Å². The summed E-state index contributed by atoms with van der Waals surface area (Å²) in [7, 11) is 4.38. The summed E-state index contributed by atoms with van der Waals surface area (Å²) in [6, 6.07) is 0. The standard InChI is InChI=1S/C16H30N2/c1-6-10-18(5)13-15(7-2)14(3)16-8-11-17(4)12-9-16/h13,16H,3,6-12H2,1-2,4-5H3/b15-13+. The molecule has 0 atom stereocenters. The largest absolute Gasteiger partial charge is 0.380 e. The number of piperidine rings is 1. The molecule has 2 heteroatoms. The van der Waals surface area contributed by atoms with Gasteiger partial charge in [-0.3, -0.25) is 0 Å². The molecule has 0 saturated carbocycles. The number of hydrogen-bond acceptors (Lipinski definition) is 2. The maximum Gasteiger partial charge on any atom is 0.0166 e. The van der Waals surface area contributed by atoms with Crippen LogP contribution in [0.5, 0.6) is 0 Å². The lowest BCUT2D eigenvalue weighted by Crippen LogP contribution is -2.31. The average Bonchev–Trinajstić information content (AvgIpc) is 2.36. The minimum absolute atomic E-state index is 0.697. The predicted octanol–water partition coefficient (Wildman–Crippen LogP) is 3.52. The van der Waals surface area contributed by atoms with Crippen LogP contribution in [0.2, 0.25) is 0 Å². The molecule has 1 rings (SSSR count). The second-order valence-electron chi connectivity index (χ2n) is 5.59. The van der Waals surface area contributed by atoms with Crippen LogP contribution in [0.4, 0.5) is 0 Å². The molecule has 1 aliphatic rings. The van der Waals surface area contributed by atoms with E-state index in [0.29, 0.717) is 5.92 Å². The zero-order valence-electron chi connectivity index (χ0n) is 12.7. The van der Waals surface area contributed by atoms with E-state index in [1.807, 2.05) is 0 Å². The van der Waals surface area contributed by atoms with Crippen molar-refractivity contribution in [2.45, 2.75) is 39.5 Å². The molecule has 0 aliphatic carbocycles. The van der Waals surface area contributed by atoms with Gasteiger partial charge in [0.1, 0.15) is 0 Å². The van der Waals surface area contributed by atoms with Gasteiger partial charge in [0.25, 0.3) is 0 Å². The number of hydrogen-bond donors (Lipinski definition) is 0. The van der Waals surface area contributed by atoms with Crippen molar-refractivity contribution in [2.24, 2.45) is 5.92 Å². The highest BCUT2D eigenvalue weighted by Gasteiger charge is 2.20. The molecule has 0 aromatic carbocycles. The Labute approximate surface area is 113 Å². The molecular weight excluding hydrogens is 220 g/mol. The summed E-state index contributed by atoms with van der Waals surface area (Å²) in [5, 5.41) is 0. The smallest absolute Gasteiger partial charge is 0.0166 e. The van der Waals surface area contributed by atoms with Crippen LogP contribution in [0, 0.1) is 5.92 Å². The van der Waals surface area contributed by atoms with Crippen LogP contribution in [-0.2, 0) is 0 Å². The van der Waals surface area contributed by atoms with Gasteiger partial charge in [0, 0.05) is 19.8 Å². The highest BCUT2D eigenvalue weighted by Crippen LogP contribution is 2.29. The Kier molecular flexibility index (Phi) is 6.48. The summed E-state index contributed by atoms with van der Waals surface area (Å²) in [4.78, 5) is 4.72. The third-order valence-electron chi connectivity index (χ3n) is 3.96. The number of nitrogens with zero attached hydrogens (tertiary/aromatic N) is 2. The summed E-state index contributed by atoms with van der Waals surface area (Å²) in [5.41, 5.74) is 2.83. The summed E-state index contributed by atoms with van der Waals surface area (Å²) in [5.74, 6) is 0.697. The maximum atomic E-state index is 4.37. The van der Waals surface area contributed by atoms with E-state index in [-0.39, 0.29) is 0 Å². The highest BCUT2D eigenvalue weighted by atomic mass is 15.1. The molecule has 0 N–H and O–H groups in total. The van der Waals surface area contributed by atoms with Gasteiger partial charge < -0.3 is 9.80 Å². The molecule has 0 spiro atoms. The van der Waals surface area contributed by atoms with Crippen molar-refractivity contribution in [3.63, 3.8) is 0 Å². The van der Waals surface area contributed by atoms with Crippen LogP contribution in [0.15, 0.2) is 23.9 Å². The van der Waals surface area contributed by atoms with E-state index in [2.05, 4.69) is 50.5 Å². The SMILES string of the molecule is C=C(/C(=C/N(C)CCC)CC)C1CCN(C)CC1. The van der Waals surface area contributed by atoms with E-state index in [1.165, 1.54) is 43.5 Å². The van der Waals surface area contributed by atoms with Gasteiger partial charge in [-0.2, -0.15) is 0 Å². The average molecular weight is 250 g/mol. The normalized spacial score (nSPS) is 19.0. The molecule has 0 bridgehead atoms. The van der Waals surface area contributed by atoms with Gasteiger partial charge in [0.2, 0.25) is 0 Å². The molecule has 1 saturated heterocycles. The van der Waals surface area contributed by atoms with Crippen LogP contribution in [0.1, 0.15) is 39.5 Å². The second kappa shape index (κ2) is 7.63. The van der Waals surface area contributed by atoms with Gasteiger partial charge in [-0.05, 0) is 62.9 Å². The fraction of sp³-hybridized carbons (Fsp3) is 0.750. The van der Waals surface area contributed by atoms with Gasteiger partial charge in [-0.1, -0.05) is 20.4 Å². The first kappa shape index (κ1) is 15.3. The molecule has 104 valence electrons. The molecule has 18 heavy (non-hydrogen) atoms. The van der Waals surface area contributed by atoms with E-state index >= 15 is 0 Å². The van der Waals surface area contributed by atoms with Crippen molar-refractivity contribution >= 4 is 0 Å². The van der Waals surface area contributed by atoms with Gasteiger partial charge in [0.15, 0.2) is 0 Å².